The quantitative estimate of drug-likeness (QED) is 0.302. The molecule has 2 fully saturated rings. The van der Waals surface area contributed by atoms with E-state index >= 15 is 0 Å². The second-order valence-electron chi connectivity index (χ2n) is 11.8. The Morgan fingerprint density at radius 1 is 0.957 bits per heavy atom. The molecule has 2 saturated heterocycles. The van der Waals surface area contributed by atoms with E-state index in [1.165, 1.54) is 0 Å². The lowest BCUT2D eigenvalue weighted by Gasteiger charge is -2.29. The van der Waals surface area contributed by atoms with Gasteiger partial charge in [0.05, 0.1) is 12.8 Å². The van der Waals surface area contributed by atoms with Gasteiger partial charge < -0.3 is 31.3 Å². The number of benzene rings is 2. The predicted molar refractivity (Wildman–Crippen MR) is 163 cm³/mol. The number of carboxylic acid groups (broad SMARTS) is 1. The van der Waals surface area contributed by atoms with E-state index in [2.05, 4.69) is 21.3 Å². The van der Waals surface area contributed by atoms with Gasteiger partial charge in [0.15, 0.2) is 0 Å². The first-order valence-corrected chi connectivity index (χ1v) is 15.5. The molecule has 0 radical (unpaired) electrons. The van der Waals surface area contributed by atoms with Gasteiger partial charge in [-0.05, 0) is 48.4 Å². The molecule has 0 bridgehead atoms. The lowest BCUT2D eigenvalue weighted by Crippen LogP contribution is -2.55. The number of carboxylic acids is 1. The van der Waals surface area contributed by atoms with E-state index in [9.17, 15) is 47.0 Å². The highest BCUT2D eigenvalue weighted by atomic mass is 19.4. The molecule has 4 atom stereocenters. The maximum absolute atomic E-state index is 14.1. The number of carbonyl (C=O) groups is 6. The molecule has 4 rings (SSSR count). The van der Waals surface area contributed by atoms with Crippen LogP contribution in [0.3, 0.4) is 0 Å². The molecule has 0 aliphatic carbocycles. The van der Waals surface area contributed by atoms with Crippen molar-refractivity contribution in [3.05, 3.63) is 48.0 Å². The van der Waals surface area contributed by atoms with Crippen LogP contribution < -0.4 is 21.3 Å². The van der Waals surface area contributed by atoms with Gasteiger partial charge in [0.2, 0.25) is 29.5 Å². The van der Waals surface area contributed by atoms with Crippen molar-refractivity contribution in [2.45, 2.75) is 88.1 Å². The van der Waals surface area contributed by atoms with E-state index < -0.39 is 78.7 Å². The van der Waals surface area contributed by atoms with E-state index in [1.807, 2.05) is 36.4 Å². The summed E-state index contributed by atoms with van der Waals surface area (Å²) in [5.74, 6) is -4.73. The van der Waals surface area contributed by atoms with Gasteiger partial charge in [-0.3, -0.25) is 24.0 Å². The first-order valence-electron chi connectivity index (χ1n) is 15.5. The molecule has 0 spiro atoms. The maximum Gasteiger partial charge on any atom is 0.389 e. The number of alkyl halides is 3. The van der Waals surface area contributed by atoms with Gasteiger partial charge in [-0.25, -0.2) is 4.79 Å². The topological polar surface area (TPSA) is 174 Å². The third-order valence-electron chi connectivity index (χ3n) is 8.27. The fourth-order valence-corrected chi connectivity index (χ4v) is 5.90. The fourth-order valence-electron chi connectivity index (χ4n) is 5.90. The van der Waals surface area contributed by atoms with Crippen molar-refractivity contribution < 1.29 is 47.0 Å². The first kappa shape index (κ1) is 35.2. The van der Waals surface area contributed by atoms with E-state index in [-0.39, 0.29) is 45.2 Å². The molecule has 254 valence electrons. The molecule has 2 aromatic carbocycles. The van der Waals surface area contributed by atoms with E-state index in [0.29, 0.717) is 12.8 Å². The zero-order chi connectivity index (χ0) is 34.1. The van der Waals surface area contributed by atoms with Crippen LogP contribution in [0.2, 0.25) is 0 Å². The van der Waals surface area contributed by atoms with Crippen molar-refractivity contribution in [2.75, 3.05) is 13.1 Å². The number of aliphatic carboxylic acids is 1. The minimum Gasteiger partial charge on any atom is -0.480 e. The van der Waals surface area contributed by atoms with Gasteiger partial charge in [0.25, 0.3) is 0 Å². The van der Waals surface area contributed by atoms with Crippen LogP contribution in [0.25, 0.3) is 10.8 Å². The second-order valence-corrected chi connectivity index (χ2v) is 11.8. The standard InChI is InChI=1S/C32H38F3N5O7/c33-32(34,35)14-13-27(42)37-21-17-25-29(44)39-24(31(46)47)11-12-26(41)36-15-4-3-10-23(30(45)40(25)18-21)38-28(43)16-20-8-5-7-19-6-1-2-9-22(19)20/h1-2,5-9,21,23-25H,3-4,10-18H2,(H,36,41)(H,37,42)(H,38,43)(H,39,44)(H,46,47)/t21-,23+,24+,25+/m1/s1. The average Bonchev–Trinajstić information content (AvgIpc) is 3.44. The molecule has 2 aromatic rings. The Balaban J connectivity index is 1.57. The Hall–Kier alpha value is -4.69. The molecule has 2 aliphatic rings. The fraction of sp³-hybridized carbons (Fsp3) is 0.500. The SMILES string of the molecule is O=C1CC[C@@H](C(=O)O)NC(=O)[C@@H]2C[C@@H](NC(=O)CCC(F)(F)F)CN2C(=O)[C@@H](NC(=O)Cc2cccc3ccccc23)CCCCN1. The van der Waals surface area contributed by atoms with Crippen LogP contribution in [0.5, 0.6) is 0 Å². The number of nitrogens with zero attached hydrogens (tertiary/aromatic N) is 1. The summed E-state index contributed by atoms with van der Waals surface area (Å²) in [6.07, 6.45) is -6.44. The highest BCUT2D eigenvalue weighted by Gasteiger charge is 2.43. The molecule has 2 heterocycles. The summed E-state index contributed by atoms with van der Waals surface area (Å²) in [4.78, 5) is 78.5. The molecule has 0 aromatic heterocycles. The summed E-state index contributed by atoms with van der Waals surface area (Å²) in [6.45, 7) is -0.00564. The minimum atomic E-state index is -4.56. The Morgan fingerprint density at radius 3 is 2.45 bits per heavy atom. The molecule has 0 unspecified atom stereocenters. The number of nitrogens with one attached hydrogen (secondary N) is 4. The van der Waals surface area contributed by atoms with Crippen LogP contribution in [-0.4, -0.2) is 88.9 Å². The van der Waals surface area contributed by atoms with Crippen LogP contribution in [0.4, 0.5) is 13.2 Å². The summed E-state index contributed by atoms with van der Waals surface area (Å²) < 4.78 is 38.1. The van der Waals surface area contributed by atoms with E-state index in [4.69, 9.17) is 0 Å². The summed E-state index contributed by atoms with van der Waals surface area (Å²) in [7, 11) is 0. The highest BCUT2D eigenvalue weighted by molar-refractivity contribution is 5.95. The number of hydrogen-bond acceptors (Lipinski definition) is 6. The lowest BCUT2D eigenvalue weighted by molar-refractivity contribution is -0.145. The Morgan fingerprint density at radius 2 is 1.70 bits per heavy atom. The summed E-state index contributed by atoms with van der Waals surface area (Å²) in [6, 6.07) is 8.23. The Bertz CT molecular complexity index is 1500. The van der Waals surface area contributed by atoms with Gasteiger partial charge in [0.1, 0.15) is 18.1 Å². The van der Waals surface area contributed by atoms with Gasteiger partial charge >= 0.3 is 12.1 Å². The van der Waals surface area contributed by atoms with Crippen molar-refractivity contribution in [3.8, 4) is 0 Å². The number of fused-ring (bicyclic) bond motifs is 2. The third-order valence-corrected chi connectivity index (χ3v) is 8.27. The predicted octanol–water partition coefficient (Wildman–Crippen LogP) is 1.95. The first-order chi connectivity index (χ1) is 22.3. The van der Waals surface area contributed by atoms with Gasteiger partial charge in [-0.15, -0.1) is 0 Å². The smallest absolute Gasteiger partial charge is 0.389 e. The Labute approximate surface area is 268 Å². The van der Waals surface area contributed by atoms with Gasteiger partial charge in [-0.2, -0.15) is 13.2 Å². The number of hydrogen-bond donors (Lipinski definition) is 5. The summed E-state index contributed by atoms with van der Waals surface area (Å²) in [5, 5.41) is 21.7. The molecule has 47 heavy (non-hydrogen) atoms. The van der Waals surface area contributed by atoms with Crippen molar-refractivity contribution in [2.24, 2.45) is 0 Å². The minimum absolute atomic E-state index is 0.0523. The number of halogens is 3. The number of rotatable bonds is 7. The van der Waals surface area contributed by atoms with Crippen LogP contribution in [-0.2, 0) is 35.2 Å². The molecular weight excluding hydrogens is 623 g/mol. The van der Waals surface area contributed by atoms with Crippen molar-refractivity contribution >= 4 is 46.3 Å². The lowest BCUT2D eigenvalue weighted by atomic mass is 10.0. The molecule has 12 nitrogen and oxygen atoms in total. The summed E-state index contributed by atoms with van der Waals surface area (Å²) in [5.41, 5.74) is 0.729. The highest BCUT2D eigenvalue weighted by Crippen LogP contribution is 2.24. The number of carbonyl (C=O) groups excluding carboxylic acids is 5. The number of amides is 5. The molecule has 2 aliphatic heterocycles. The van der Waals surface area contributed by atoms with Crippen LogP contribution >= 0.6 is 0 Å². The van der Waals surface area contributed by atoms with Crippen molar-refractivity contribution in [1.82, 2.24) is 26.2 Å². The second kappa shape index (κ2) is 15.7. The van der Waals surface area contributed by atoms with E-state index in [1.54, 1.807) is 6.07 Å². The third kappa shape index (κ3) is 10.1. The maximum atomic E-state index is 14.1. The summed E-state index contributed by atoms with van der Waals surface area (Å²) >= 11 is 0. The monoisotopic (exact) mass is 661 g/mol. The van der Waals surface area contributed by atoms with Crippen molar-refractivity contribution in [3.63, 3.8) is 0 Å². The van der Waals surface area contributed by atoms with Gasteiger partial charge in [0, 0.05) is 32.0 Å². The van der Waals surface area contributed by atoms with Gasteiger partial charge in [-0.1, -0.05) is 42.5 Å². The molecule has 15 heteroatoms. The Kier molecular flexibility index (Phi) is 11.8. The molecule has 5 N–H and O–H groups in total. The zero-order valence-electron chi connectivity index (χ0n) is 25.6. The average molecular weight is 662 g/mol. The van der Waals surface area contributed by atoms with Crippen LogP contribution in [0, 0.1) is 0 Å². The molecule has 0 saturated carbocycles. The largest absolute Gasteiger partial charge is 0.480 e. The van der Waals surface area contributed by atoms with E-state index in [0.717, 1.165) is 21.2 Å². The zero-order valence-corrected chi connectivity index (χ0v) is 25.6. The molecular formula is C32H38F3N5O7. The van der Waals surface area contributed by atoms with Crippen molar-refractivity contribution in [1.29, 1.82) is 0 Å². The van der Waals surface area contributed by atoms with Crippen LogP contribution in [0.1, 0.15) is 56.9 Å². The molecule has 5 amide bonds. The van der Waals surface area contributed by atoms with Crippen LogP contribution in [0.15, 0.2) is 42.5 Å². The normalized spacial score (nSPS) is 23.1.